The lowest BCUT2D eigenvalue weighted by atomic mass is 10.1. The second-order valence-corrected chi connectivity index (χ2v) is 5.61. The minimum atomic E-state index is 0.747. The summed E-state index contributed by atoms with van der Waals surface area (Å²) in [5.74, 6) is 0.855. The first-order valence-electron chi connectivity index (χ1n) is 8.01. The Morgan fingerprint density at radius 3 is 2.77 bits per heavy atom. The van der Waals surface area contributed by atoms with Crippen LogP contribution in [0.3, 0.4) is 0 Å². The van der Waals surface area contributed by atoms with E-state index in [4.69, 9.17) is 0 Å². The summed E-state index contributed by atoms with van der Waals surface area (Å²) in [6.45, 7) is 2.96. The Labute approximate surface area is 131 Å². The number of aromatic nitrogens is 4. The number of nitrogens with zero attached hydrogens (tertiary/aromatic N) is 4. The number of unbranched alkanes of at least 4 members (excludes halogenated alkanes) is 3. The summed E-state index contributed by atoms with van der Waals surface area (Å²) in [6, 6.07) is 10.3. The SMILES string of the molecule is CCCCCCc1n[c]c2cn(Cc3ccccc3)nc2n1. The minimum Gasteiger partial charge on any atom is -0.265 e. The third kappa shape index (κ3) is 3.70. The second kappa shape index (κ2) is 7.16. The van der Waals surface area contributed by atoms with Crippen LogP contribution in [0.25, 0.3) is 11.0 Å². The normalized spacial score (nSPS) is 11.1. The van der Waals surface area contributed by atoms with Crippen molar-refractivity contribution in [3.63, 3.8) is 0 Å². The summed E-state index contributed by atoms with van der Waals surface area (Å²) < 4.78 is 1.91. The molecule has 0 atom stereocenters. The second-order valence-electron chi connectivity index (χ2n) is 5.61. The average molecular weight is 293 g/mol. The largest absolute Gasteiger partial charge is 0.265 e. The maximum Gasteiger partial charge on any atom is 0.185 e. The first-order valence-corrected chi connectivity index (χ1v) is 8.01. The minimum absolute atomic E-state index is 0.747. The van der Waals surface area contributed by atoms with E-state index in [1.807, 2.05) is 29.1 Å². The van der Waals surface area contributed by atoms with Gasteiger partial charge >= 0.3 is 0 Å². The van der Waals surface area contributed by atoms with Crippen LogP contribution in [0.1, 0.15) is 44.0 Å². The van der Waals surface area contributed by atoms with Crippen LogP contribution in [0.15, 0.2) is 36.5 Å². The van der Waals surface area contributed by atoms with Crippen LogP contribution >= 0.6 is 0 Å². The van der Waals surface area contributed by atoms with Gasteiger partial charge in [0.25, 0.3) is 0 Å². The highest BCUT2D eigenvalue weighted by molar-refractivity contribution is 5.71. The zero-order valence-electron chi connectivity index (χ0n) is 13.0. The smallest absolute Gasteiger partial charge is 0.185 e. The molecule has 3 aromatic rings. The van der Waals surface area contributed by atoms with Crippen molar-refractivity contribution in [2.75, 3.05) is 0 Å². The van der Waals surface area contributed by atoms with E-state index in [0.717, 1.165) is 36.2 Å². The van der Waals surface area contributed by atoms with Gasteiger partial charge in [-0.25, -0.2) is 9.97 Å². The van der Waals surface area contributed by atoms with E-state index in [1.165, 1.54) is 24.8 Å². The monoisotopic (exact) mass is 293 g/mol. The number of fused-ring (bicyclic) bond motifs is 1. The fraction of sp³-hybridized carbons (Fsp3) is 0.389. The standard InChI is InChI=1S/C18H21N4/c1-2-3-4-8-11-17-19-12-16-14-22(21-18(16)20-17)13-15-9-6-5-7-10-15/h5-7,9-10,14H,2-4,8,11,13H2,1H3. The van der Waals surface area contributed by atoms with E-state index in [1.54, 1.807) is 0 Å². The van der Waals surface area contributed by atoms with Gasteiger partial charge in [0.05, 0.1) is 11.9 Å². The number of benzene rings is 1. The van der Waals surface area contributed by atoms with Crippen LogP contribution in [-0.4, -0.2) is 19.7 Å². The van der Waals surface area contributed by atoms with E-state index in [-0.39, 0.29) is 0 Å². The van der Waals surface area contributed by atoms with Gasteiger partial charge in [0, 0.05) is 12.6 Å². The lowest BCUT2D eigenvalue weighted by Gasteiger charge is -2.00. The summed E-state index contributed by atoms with van der Waals surface area (Å²) in [5, 5.41) is 5.43. The molecule has 2 aromatic heterocycles. The van der Waals surface area contributed by atoms with Crippen molar-refractivity contribution in [2.45, 2.75) is 45.6 Å². The van der Waals surface area contributed by atoms with E-state index in [0.29, 0.717) is 0 Å². The third-order valence-electron chi connectivity index (χ3n) is 3.72. The van der Waals surface area contributed by atoms with Crippen LogP contribution in [0, 0.1) is 6.20 Å². The van der Waals surface area contributed by atoms with Gasteiger partial charge in [-0.1, -0.05) is 56.5 Å². The molecule has 4 heteroatoms. The fourth-order valence-electron chi connectivity index (χ4n) is 2.52. The molecule has 0 saturated heterocycles. The molecule has 0 aliphatic carbocycles. The van der Waals surface area contributed by atoms with Gasteiger partial charge in [0.1, 0.15) is 12.0 Å². The van der Waals surface area contributed by atoms with Gasteiger partial charge in [0.2, 0.25) is 0 Å². The Hall–Kier alpha value is -2.23. The number of hydrogen-bond acceptors (Lipinski definition) is 3. The molecule has 113 valence electrons. The van der Waals surface area contributed by atoms with Gasteiger partial charge in [-0.15, -0.1) is 0 Å². The van der Waals surface area contributed by atoms with Crippen molar-refractivity contribution >= 4 is 11.0 Å². The zero-order chi connectivity index (χ0) is 15.2. The number of rotatable bonds is 7. The molecule has 4 nitrogen and oxygen atoms in total. The fourth-order valence-corrected chi connectivity index (χ4v) is 2.52. The predicted octanol–water partition coefficient (Wildman–Crippen LogP) is 3.80. The Morgan fingerprint density at radius 2 is 1.95 bits per heavy atom. The van der Waals surface area contributed by atoms with Crippen LogP contribution in [0.2, 0.25) is 0 Å². The van der Waals surface area contributed by atoms with Crippen LogP contribution in [-0.2, 0) is 13.0 Å². The molecular weight excluding hydrogens is 272 g/mol. The molecule has 0 aliphatic rings. The third-order valence-corrected chi connectivity index (χ3v) is 3.72. The van der Waals surface area contributed by atoms with Crippen molar-refractivity contribution in [1.82, 2.24) is 19.7 Å². The van der Waals surface area contributed by atoms with E-state index in [2.05, 4.69) is 40.3 Å². The van der Waals surface area contributed by atoms with E-state index < -0.39 is 0 Å². The molecular formula is C18H21N4. The van der Waals surface area contributed by atoms with Crippen molar-refractivity contribution in [3.8, 4) is 0 Å². The molecule has 0 aliphatic heterocycles. The first-order chi connectivity index (χ1) is 10.8. The number of aryl methyl sites for hydroxylation is 1. The van der Waals surface area contributed by atoms with Crippen molar-refractivity contribution in [3.05, 3.63) is 54.1 Å². The maximum absolute atomic E-state index is 4.56. The Kier molecular flexibility index (Phi) is 4.78. The predicted molar refractivity (Wildman–Crippen MR) is 87.5 cm³/mol. The molecule has 3 rings (SSSR count). The molecule has 0 unspecified atom stereocenters. The molecule has 0 bridgehead atoms. The van der Waals surface area contributed by atoms with Crippen molar-refractivity contribution < 1.29 is 0 Å². The molecule has 0 N–H and O–H groups in total. The molecule has 1 aromatic carbocycles. The van der Waals surface area contributed by atoms with Gasteiger partial charge in [-0.05, 0) is 12.0 Å². The highest BCUT2D eigenvalue weighted by Gasteiger charge is 2.06. The number of hydrogen-bond donors (Lipinski definition) is 0. The summed E-state index contributed by atoms with van der Waals surface area (Å²) in [7, 11) is 0. The Bertz CT molecular complexity index is 718. The lowest BCUT2D eigenvalue weighted by Crippen LogP contribution is -2.00. The van der Waals surface area contributed by atoms with Crippen molar-refractivity contribution in [1.29, 1.82) is 0 Å². The van der Waals surface area contributed by atoms with Gasteiger partial charge in [-0.3, -0.25) is 4.68 Å². The molecule has 0 amide bonds. The van der Waals surface area contributed by atoms with Crippen molar-refractivity contribution in [2.24, 2.45) is 0 Å². The van der Waals surface area contributed by atoms with Gasteiger partial charge in [-0.2, -0.15) is 5.10 Å². The quantitative estimate of drug-likeness (QED) is 0.622. The topological polar surface area (TPSA) is 43.6 Å². The van der Waals surface area contributed by atoms with E-state index >= 15 is 0 Å². The first kappa shape index (κ1) is 14.7. The summed E-state index contributed by atoms with van der Waals surface area (Å²) in [4.78, 5) is 8.90. The molecule has 0 fully saturated rings. The molecule has 22 heavy (non-hydrogen) atoms. The summed E-state index contributed by atoms with van der Waals surface area (Å²) in [6.07, 6.45) is 10.8. The highest BCUT2D eigenvalue weighted by atomic mass is 15.3. The molecule has 2 heterocycles. The highest BCUT2D eigenvalue weighted by Crippen LogP contribution is 2.11. The summed E-state index contributed by atoms with van der Waals surface area (Å²) >= 11 is 0. The maximum atomic E-state index is 4.56. The van der Waals surface area contributed by atoms with Crippen LogP contribution < -0.4 is 0 Å². The Balaban J connectivity index is 1.70. The van der Waals surface area contributed by atoms with E-state index in [9.17, 15) is 0 Å². The Morgan fingerprint density at radius 1 is 1.09 bits per heavy atom. The molecule has 0 saturated carbocycles. The van der Waals surface area contributed by atoms with Gasteiger partial charge in [0.15, 0.2) is 5.65 Å². The summed E-state index contributed by atoms with van der Waals surface area (Å²) in [5.41, 5.74) is 1.97. The molecule has 0 spiro atoms. The average Bonchev–Trinajstić information content (AvgIpc) is 2.94. The van der Waals surface area contributed by atoms with Crippen LogP contribution in [0.4, 0.5) is 0 Å². The van der Waals surface area contributed by atoms with Gasteiger partial charge < -0.3 is 0 Å². The lowest BCUT2D eigenvalue weighted by molar-refractivity contribution is 0.652. The van der Waals surface area contributed by atoms with Crippen LogP contribution in [0.5, 0.6) is 0 Å². The zero-order valence-corrected chi connectivity index (χ0v) is 13.0. The molecule has 1 radical (unpaired) electrons.